The molecular weight excluding hydrogens is 378 g/mol. The van der Waals surface area contributed by atoms with Gasteiger partial charge in [-0.1, -0.05) is 11.2 Å². The van der Waals surface area contributed by atoms with Gasteiger partial charge in [-0.05, 0) is 36.4 Å². The van der Waals surface area contributed by atoms with Gasteiger partial charge in [-0.25, -0.2) is 4.98 Å². The van der Waals surface area contributed by atoms with Crippen molar-refractivity contribution in [2.45, 2.75) is 13.5 Å². The van der Waals surface area contributed by atoms with E-state index in [0.29, 0.717) is 28.2 Å². The number of nitrogens with one attached hydrogen (secondary N) is 1. The number of ether oxygens (including phenoxy) is 1. The SMILES string of the molecule is Cc1nc(COc2ccc(C(=O)Nc3nc(-c4ccccn4)cs3)cc2)no1. The second-order valence-corrected chi connectivity index (χ2v) is 6.61. The number of aryl methyl sites for hydroxylation is 1. The fourth-order valence-electron chi connectivity index (χ4n) is 2.38. The van der Waals surface area contributed by atoms with Gasteiger partial charge in [0.15, 0.2) is 11.7 Å². The Morgan fingerprint density at radius 1 is 1.14 bits per heavy atom. The zero-order valence-corrected chi connectivity index (χ0v) is 15.6. The first-order valence-electron chi connectivity index (χ1n) is 8.38. The summed E-state index contributed by atoms with van der Waals surface area (Å²) < 4.78 is 10.5. The van der Waals surface area contributed by atoms with Crippen molar-refractivity contribution in [2.24, 2.45) is 0 Å². The third kappa shape index (κ3) is 4.21. The second-order valence-electron chi connectivity index (χ2n) is 5.75. The molecule has 4 aromatic rings. The van der Waals surface area contributed by atoms with Crippen LogP contribution >= 0.6 is 11.3 Å². The van der Waals surface area contributed by atoms with Crippen LogP contribution in [0.4, 0.5) is 5.13 Å². The van der Waals surface area contributed by atoms with E-state index in [2.05, 4.69) is 25.4 Å². The van der Waals surface area contributed by atoms with Crippen LogP contribution in [-0.2, 0) is 6.61 Å². The van der Waals surface area contributed by atoms with Crippen molar-refractivity contribution < 1.29 is 14.1 Å². The molecule has 0 saturated carbocycles. The Kier molecular flexibility index (Phi) is 5.07. The lowest BCUT2D eigenvalue weighted by atomic mass is 10.2. The van der Waals surface area contributed by atoms with Crippen LogP contribution in [0.3, 0.4) is 0 Å². The second kappa shape index (κ2) is 7.97. The quantitative estimate of drug-likeness (QED) is 0.532. The highest BCUT2D eigenvalue weighted by Crippen LogP contribution is 2.24. The van der Waals surface area contributed by atoms with Crippen LogP contribution < -0.4 is 10.1 Å². The zero-order chi connectivity index (χ0) is 19.3. The molecule has 3 aromatic heterocycles. The fraction of sp³-hybridized carbons (Fsp3) is 0.105. The molecule has 0 radical (unpaired) electrons. The minimum absolute atomic E-state index is 0.193. The van der Waals surface area contributed by atoms with Gasteiger partial charge in [0, 0.05) is 24.1 Å². The maximum absolute atomic E-state index is 12.4. The van der Waals surface area contributed by atoms with Gasteiger partial charge in [0.05, 0.1) is 5.69 Å². The van der Waals surface area contributed by atoms with Crippen LogP contribution in [0, 0.1) is 6.92 Å². The largest absolute Gasteiger partial charge is 0.485 e. The molecule has 9 heteroatoms. The highest BCUT2D eigenvalue weighted by molar-refractivity contribution is 7.14. The molecule has 0 spiro atoms. The molecule has 28 heavy (non-hydrogen) atoms. The number of hydrogen-bond donors (Lipinski definition) is 1. The molecule has 0 bridgehead atoms. The molecule has 0 aliphatic carbocycles. The molecule has 4 rings (SSSR count). The number of rotatable bonds is 6. The van der Waals surface area contributed by atoms with E-state index in [1.165, 1.54) is 11.3 Å². The van der Waals surface area contributed by atoms with E-state index in [9.17, 15) is 4.79 Å². The van der Waals surface area contributed by atoms with Gasteiger partial charge in [0.1, 0.15) is 11.4 Å². The van der Waals surface area contributed by atoms with E-state index in [0.717, 1.165) is 11.4 Å². The molecule has 1 amide bonds. The number of aromatic nitrogens is 4. The third-order valence-corrected chi connectivity index (χ3v) is 4.46. The summed E-state index contributed by atoms with van der Waals surface area (Å²) in [6.07, 6.45) is 1.70. The van der Waals surface area contributed by atoms with E-state index in [1.54, 1.807) is 37.4 Å². The van der Waals surface area contributed by atoms with Crippen LogP contribution in [-0.4, -0.2) is 26.0 Å². The lowest BCUT2D eigenvalue weighted by Crippen LogP contribution is -2.11. The van der Waals surface area contributed by atoms with Crippen molar-refractivity contribution in [1.29, 1.82) is 0 Å². The van der Waals surface area contributed by atoms with Crippen molar-refractivity contribution in [3.05, 3.63) is 71.3 Å². The number of carbonyl (C=O) groups excluding carboxylic acids is 1. The normalized spacial score (nSPS) is 10.6. The Labute approximate surface area is 164 Å². The number of anilines is 1. The summed E-state index contributed by atoms with van der Waals surface area (Å²) in [5.41, 5.74) is 1.98. The van der Waals surface area contributed by atoms with E-state index >= 15 is 0 Å². The van der Waals surface area contributed by atoms with Crippen LogP contribution in [0.5, 0.6) is 5.75 Å². The van der Waals surface area contributed by atoms with Crippen LogP contribution in [0.2, 0.25) is 0 Å². The summed E-state index contributed by atoms with van der Waals surface area (Å²) in [7, 11) is 0. The number of carbonyl (C=O) groups is 1. The molecule has 1 aromatic carbocycles. The van der Waals surface area contributed by atoms with Crippen LogP contribution in [0.25, 0.3) is 11.4 Å². The molecule has 0 saturated heterocycles. The van der Waals surface area contributed by atoms with Gasteiger partial charge in [-0.15, -0.1) is 11.3 Å². The third-order valence-electron chi connectivity index (χ3n) is 3.71. The van der Waals surface area contributed by atoms with E-state index in [1.807, 2.05) is 23.6 Å². The molecule has 8 nitrogen and oxygen atoms in total. The van der Waals surface area contributed by atoms with E-state index < -0.39 is 0 Å². The monoisotopic (exact) mass is 393 g/mol. The number of thiazole rings is 1. The van der Waals surface area contributed by atoms with Gasteiger partial charge >= 0.3 is 0 Å². The van der Waals surface area contributed by atoms with Crippen molar-refractivity contribution >= 4 is 22.4 Å². The van der Waals surface area contributed by atoms with Crippen molar-refractivity contribution in [3.8, 4) is 17.1 Å². The summed E-state index contributed by atoms with van der Waals surface area (Å²) in [6.45, 7) is 1.91. The average molecular weight is 393 g/mol. The van der Waals surface area contributed by atoms with Crippen molar-refractivity contribution in [3.63, 3.8) is 0 Å². The van der Waals surface area contributed by atoms with Gasteiger partial charge in [0.25, 0.3) is 5.91 Å². The number of nitrogens with zero attached hydrogens (tertiary/aromatic N) is 4. The molecule has 0 aliphatic heterocycles. The topological polar surface area (TPSA) is 103 Å². The lowest BCUT2D eigenvalue weighted by Gasteiger charge is -2.05. The Hall–Kier alpha value is -3.59. The first kappa shape index (κ1) is 17.8. The Morgan fingerprint density at radius 2 is 2.00 bits per heavy atom. The predicted octanol–water partition coefficient (Wildman–Crippen LogP) is 3.73. The highest BCUT2D eigenvalue weighted by Gasteiger charge is 2.11. The highest BCUT2D eigenvalue weighted by atomic mass is 32.1. The first-order chi connectivity index (χ1) is 13.7. The summed E-state index contributed by atoms with van der Waals surface area (Å²) >= 11 is 1.35. The van der Waals surface area contributed by atoms with Crippen molar-refractivity contribution in [1.82, 2.24) is 20.1 Å². The van der Waals surface area contributed by atoms with E-state index in [4.69, 9.17) is 9.26 Å². The van der Waals surface area contributed by atoms with Crippen molar-refractivity contribution in [2.75, 3.05) is 5.32 Å². The molecule has 0 atom stereocenters. The Bertz CT molecular complexity index is 1080. The minimum Gasteiger partial charge on any atom is -0.485 e. The van der Waals surface area contributed by atoms with Gasteiger partial charge < -0.3 is 9.26 Å². The van der Waals surface area contributed by atoms with Crippen LogP contribution in [0.15, 0.2) is 58.6 Å². The molecular formula is C19H15N5O3S. The standard InChI is InChI=1S/C19H15N5O3S/c1-12-21-17(24-27-12)10-26-14-7-5-13(6-8-14)18(25)23-19-22-16(11-28-19)15-4-2-3-9-20-15/h2-9,11H,10H2,1H3,(H,22,23,25). The first-order valence-corrected chi connectivity index (χ1v) is 9.26. The molecule has 1 N–H and O–H groups in total. The summed E-state index contributed by atoms with van der Waals surface area (Å²) in [5.74, 6) is 1.30. The fourth-order valence-corrected chi connectivity index (χ4v) is 3.08. The average Bonchev–Trinajstić information content (AvgIpc) is 3.36. The molecule has 0 fully saturated rings. The summed E-state index contributed by atoms with van der Waals surface area (Å²) in [4.78, 5) is 25.1. The van der Waals surface area contributed by atoms with Gasteiger partial charge in [-0.2, -0.15) is 4.98 Å². The number of pyridine rings is 1. The van der Waals surface area contributed by atoms with Gasteiger partial charge in [0.2, 0.25) is 11.7 Å². The molecule has 140 valence electrons. The van der Waals surface area contributed by atoms with E-state index in [-0.39, 0.29) is 12.5 Å². The molecule has 3 heterocycles. The Morgan fingerprint density at radius 3 is 2.71 bits per heavy atom. The molecule has 0 aliphatic rings. The van der Waals surface area contributed by atoms with Gasteiger partial charge in [-0.3, -0.25) is 15.1 Å². The zero-order valence-electron chi connectivity index (χ0n) is 14.8. The summed E-state index contributed by atoms with van der Waals surface area (Å²) in [6, 6.07) is 12.4. The number of amides is 1. The minimum atomic E-state index is -0.248. The lowest BCUT2D eigenvalue weighted by molar-refractivity contribution is 0.102. The maximum atomic E-state index is 12.4. The Balaban J connectivity index is 1.36. The van der Waals surface area contributed by atoms with Crippen LogP contribution in [0.1, 0.15) is 22.1 Å². The number of benzene rings is 1. The summed E-state index contributed by atoms with van der Waals surface area (Å²) in [5, 5.41) is 8.93. The number of hydrogen-bond acceptors (Lipinski definition) is 8. The smallest absolute Gasteiger partial charge is 0.257 e. The predicted molar refractivity (Wildman–Crippen MR) is 103 cm³/mol. The maximum Gasteiger partial charge on any atom is 0.257 e. The molecule has 0 unspecified atom stereocenters.